The van der Waals surface area contributed by atoms with Crippen molar-refractivity contribution in [3.8, 4) is 5.69 Å². The number of aryl methyl sites for hydroxylation is 2. The third-order valence-electron chi connectivity index (χ3n) is 5.60. The van der Waals surface area contributed by atoms with Crippen LogP contribution in [0.3, 0.4) is 0 Å². The summed E-state index contributed by atoms with van der Waals surface area (Å²) in [7, 11) is 1.34. The minimum atomic E-state index is -0.320. The normalized spacial score (nSPS) is 16.0. The first-order valence-corrected chi connectivity index (χ1v) is 9.21. The van der Waals surface area contributed by atoms with Gasteiger partial charge in [0.05, 0.1) is 18.7 Å². The number of likely N-dealkylation sites (tertiary alicyclic amines) is 1. The molecule has 140 valence electrons. The van der Waals surface area contributed by atoms with E-state index >= 15 is 0 Å². The molecule has 2 aromatic rings. The lowest BCUT2D eigenvalue weighted by atomic mass is 9.98. The van der Waals surface area contributed by atoms with Crippen LogP contribution in [0.2, 0.25) is 0 Å². The molecule has 6 heteroatoms. The number of amides is 1. The van der Waals surface area contributed by atoms with Crippen LogP contribution < -0.4 is 5.56 Å². The minimum Gasteiger partial charge on any atom is -0.469 e. The molecule has 0 unspecified atom stereocenters. The molecule has 1 amide bonds. The second kappa shape index (κ2) is 6.68. The molecular formula is C21H22N2O4. The fraction of sp³-hybridized carbons (Fsp3) is 0.381. The summed E-state index contributed by atoms with van der Waals surface area (Å²) in [6.07, 6.45) is 4.80. The van der Waals surface area contributed by atoms with Crippen molar-refractivity contribution in [2.24, 2.45) is 5.92 Å². The van der Waals surface area contributed by atoms with Gasteiger partial charge in [-0.3, -0.25) is 19.0 Å². The molecule has 1 fully saturated rings. The Bertz CT molecular complexity index is 986. The van der Waals surface area contributed by atoms with Crippen LogP contribution in [0.15, 0.2) is 35.3 Å². The zero-order valence-electron chi connectivity index (χ0n) is 15.5. The number of hydrogen-bond acceptors (Lipinski definition) is 4. The van der Waals surface area contributed by atoms with Gasteiger partial charge in [-0.2, -0.15) is 0 Å². The molecule has 0 atom stereocenters. The molecule has 0 spiro atoms. The highest BCUT2D eigenvalue weighted by molar-refractivity contribution is 5.96. The SMILES string of the molecule is COC(=O)C1CN(C(=O)c2c(C)ccn(-c3cccc4c3CCC4)c2=O)C1. The van der Waals surface area contributed by atoms with Crippen LogP contribution in [0, 0.1) is 12.8 Å². The van der Waals surface area contributed by atoms with E-state index in [0.717, 1.165) is 24.9 Å². The number of ether oxygens (including phenoxy) is 1. The molecule has 1 aliphatic heterocycles. The monoisotopic (exact) mass is 366 g/mol. The molecule has 27 heavy (non-hydrogen) atoms. The van der Waals surface area contributed by atoms with Gasteiger partial charge < -0.3 is 9.64 Å². The lowest BCUT2D eigenvalue weighted by molar-refractivity contribution is -0.149. The van der Waals surface area contributed by atoms with Crippen LogP contribution >= 0.6 is 0 Å². The molecular weight excluding hydrogens is 344 g/mol. The van der Waals surface area contributed by atoms with Crippen molar-refractivity contribution < 1.29 is 14.3 Å². The standard InChI is InChI=1S/C21H22N2O4/c1-13-9-10-23(17-8-4-6-14-5-3-7-16(14)17)20(25)18(13)19(24)22-11-15(12-22)21(26)27-2/h4,6,8-10,15H,3,5,7,11-12H2,1-2H3. The van der Waals surface area contributed by atoms with Gasteiger partial charge in [-0.25, -0.2) is 0 Å². The first-order valence-electron chi connectivity index (χ1n) is 9.21. The van der Waals surface area contributed by atoms with E-state index in [1.807, 2.05) is 12.1 Å². The van der Waals surface area contributed by atoms with E-state index in [1.165, 1.54) is 23.1 Å². The van der Waals surface area contributed by atoms with Gasteiger partial charge in [0.15, 0.2) is 0 Å². The fourth-order valence-corrected chi connectivity index (χ4v) is 4.02. The molecule has 1 aromatic carbocycles. The molecule has 1 aromatic heterocycles. The van der Waals surface area contributed by atoms with Crippen molar-refractivity contribution in [3.63, 3.8) is 0 Å². The molecule has 4 rings (SSSR count). The Morgan fingerprint density at radius 1 is 1.15 bits per heavy atom. The number of pyridine rings is 1. The van der Waals surface area contributed by atoms with Crippen LogP contribution in [0.4, 0.5) is 0 Å². The van der Waals surface area contributed by atoms with Crippen LogP contribution in [0.1, 0.15) is 33.5 Å². The van der Waals surface area contributed by atoms with Crippen molar-refractivity contribution in [2.45, 2.75) is 26.2 Å². The molecule has 2 heterocycles. The Hall–Kier alpha value is -2.89. The van der Waals surface area contributed by atoms with E-state index < -0.39 is 0 Å². The van der Waals surface area contributed by atoms with Gasteiger partial charge in [0, 0.05) is 19.3 Å². The highest BCUT2D eigenvalue weighted by atomic mass is 16.5. The molecule has 2 aliphatic rings. The second-order valence-corrected chi connectivity index (χ2v) is 7.25. The molecule has 0 radical (unpaired) electrons. The molecule has 0 saturated carbocycles. The topological polar surface area (TPSA) is 68.6 Å². The third-order valence-corrected chi connectivity index (χ3v) is 5.60. The van der Waals surface area contributed by atoms with Crippen LogP contribution in [0.25, 0.3) is 5.69 Å². The highest BCUT2D eigenvalue weighted by Gasteiger charge is 2.38. The first kappa shape index (κ1) is 17.5. The molecule has 1 saturated heterocycles. The Morgan fingerprint density at radius 3 is 2.67 bits per heavy atom. The number of nitrogens with zero attached hydrogens (tertiary/aromatic N) is 2. The van der Waals surface area contributed by atoms with Crippen LogP contribution in [-0.2, 0) is 22.4 Å². The molecule has 0 N–H and O–H groups in total. The van der Waals surface area contributed by atoms with E-state index in [4.69, 9.17) is 4.74 Å². The van der Waals surface area contributed by atoms with Crippen molar-refractivity contribution in [1.82, 2.24) is 9.47 Å². The van der Waals surface area contributed by atoms with Gasteiger partial charge in [-0.15, -0.1) is 0 Å². The zero-order valence-corrected chi connectivity index (χ0v) is 15.5. The predicted octanol–water partition coefficient (Wildman–Crippen LogP) is 1.88. The van der Waals surface area contributed by atoms with Gasteiger partial charge in [-0.05, 0) is 55.0 Å². The maximum absolute atomic E-state index is 13.2. The van der Waals surface area contributed by atoms with Crippen molar-refractivity contribution in [2.75, 3.05) is 20.2 Å². The number of esters is 1. The number of aromatic nitrogens is 1. The first-order chi connectivity index (χ1) is 13.0. The van der Waals surface area contributed by atoms with Crippen molar-refractivity contribution >= 4 is 11.9 Å². The average molecular weight is 366 g/mol. The van der Waals surface area contributed by atoms with E-state index in [2.05, 4.69) is 6.07 Å². The summed E-state index contributed by atoms with van der Waals surface area (Å²) < 4.78 is 6.30. The average Bonchev–Trinajstić information content (AvgIpc) is 3.09. The quantitative estimate of drug-likeness (QED) is 0.778. The zero-order chi connectivity index (χ0) is 19.1. The summed E-state index contributed by atoms with van der Waals surface area (Å²) in [5.41, 5.74) is 3.85. The van der Waals surface area contributed by atoms with E-state index in [9.17, 15) is 14.4 Å². The maximum atomic E-state index is 13.2. The number of carbonyl (C=O) groups excluding carboxylic acids is 2. The van der Waals surface area contributed by atoms with Crippen molar-refractivity contribution in [1.29, 1.82) is 0 Å². The van der Waals surface area contributed by atoms with E-state index in [0.29, 0.717) is 18.7 Å². The highest BCUT2D eigenvalue weighted by Crippen LogP contribution is 2.27. The number of carbonyl (C=O) groups is 2. The summed E-state index contributed by atoms with van der Waals surface area (Å²) in [5.74, 6) is -0.941. The van der Waals surface area contributed by atoms with Crippen LogP contribution in [0.5, 0.6) is 0 Å². The molecule has 6 nitrogen and oxygen atoms in total. The lowest BCUT2D eigenvalue weighted by Gasteiger charge is -2.37. The lowest BCUT2D eigenvalue weighted by Crippen LogP contribution is -2.54. The summed E-state index contributed by atoms with van der Waals surface area (Å²) in [5, 5.41) is 0. The Kier molecular flexibility index (Phi) is 4.34. The Balaban J connectivity index is 1.69. The molecule has 1 aliphatic carbocycles. The van der Waals surface area contributed by atoms with E-state index in [-0.39, 0.29) is 28.9 Å². The predicted molar refractivity (Wildman–Crippen MR) is 100 cm³/mol. The summed E-state index contributed by atoms with van der Waals surface area (Å²) in [4.78, 5) is 39.2. The van der Waals surface area contributed by atoms with E-state index in [1.54, 1.807) is 23.8 Å². The number of methoxy groups -OCH3 is 1. The van der Waals surface area contributed by atoms with Crippen molar-refractivity contribution in [3.05, 3.63) is 63.1 Å². The summed E-state index contributed by atoms with van der Waals surface area (Å²) in [6, 6.07) is 7.81. The minimum absolute atomic E-state index is 0.177. The van der Waals surface area contributed by atoms with Gasteiger partial charge >= 0.3 is 5.97 Å². The third kappa shape index (κ3) is 2.85. The number of fused-ring (bicyclic) bond motifs is 1. The summed E-state index contributed by atoms with van der Waals surface area (Å²) >= 11 is 0. The smallest absolute Gasteiger partial charge is 0.312 e. The Morgan fingerprint density at radius 2 is 1.93 bits per heavy atom. The van der Waals surface area contributed by atoms with Gasteiger partial charge in [0.25, 0.3) is 11.5 Å². The van der Waals surface area contributed by atoms with Gasteiger partial charge in [0.2, 0.25) is 0 Å². The number of rotatable bonds is 3. The largest absolute Gasteiger partial charge is 0.469 e. The fourth-order valence-electron chi connectivity index (χ4n) is 4.02. The summed E-state index contributed by atoms with van der Waals surface area (Å²) in [6.45, 7) is 2.35. The van der Waals surface area contributed by atoms with Crippen LogP contribution in [-0.4, -0.2) is 41.5 Å². The van der Waals surface area contributed by atoms with Gasteiger partial charge in [-0.1, -0.05) is 12.1 Å². The van der Waals surface area contributed by atoms with Gasteiger partial charge in [0.1, 0.15) is 5.56 Å². The number of hydrogen-bond donors (Lipinski definition) is 0. The Labute approximate surface area is 157 Å². The molecule has 0 bridgehead atoms. The maximum Gasteiger partial charge on any atom is 0.312 e. The second-order valence-electron chi connectivity index (χ2n) is 7.25. The number of benzene rings is 1.